The normalized spacial score (nSPS) is 18.0. The van der Waals surface area contributed by atoms with Crippen molar-refractivity contribution in [1.29, 1.82) is 0 Å². The standard InChI is InChI=1S/C20H28N4O/c1-4-24(14-16-9-10-23(2)13-16)15-17-11-21-20(22-12-17)18-5-7-19(25-3)8-6-18/h5-8,11-12,16H,4,9-10,13-15H2,1-3H3/t16-/m0/s1. The molecule has 2 aromatic rings. The Morgan fingerprint density at radius 2 is 1.92 bits per heavy atom. The first-order valence-corrected chi connectivity index (χ1v) is 9.04. The van der Waals surface area contributed by atoms with Crippen molar-refractivity contribution >= 4 is 0 Å². The second-order valence-electron chi connectivity index (χ2n) is 6.89. The lowest BCUT2D eigenvalue weighted by Gasteiger charge is -2.23. The van der Waals surface area contributed by atoms with Crippen molar-refractivity contribution in [3.63, 3.8) is 0 Å². The molecule has 0 saturated carbocycles. The van der Waals surface area contributed by atoms with Crippen molar-refractivity contribution in [2.24, 2.45) is 5.92 Å². The van der Waals surface area contributed by atoms with E-state index in [0.717, 1.165) is 42.7 Å². The molecule has 2 heterocycles. The van der Waals surface area contributed by atoms with Crippen LogP contribution in [0.25, 0.3) is 11.4 Å². The number of methoxy groups -OCH3 is 1. The van der Waals surface area contributed by atoms with Gasteiger partial charge in [0, 0.05) is 43.2 Å². The van der Waals surface area contributed by atoms with Gasteiger partial charge in [-0.15, -0.1) is 0 Å². The lowest BCUT2D eigenvalue weighted by Crippen LogP contribution is -2.30. The maximum Gasteiger partial charge on any atom is 0.159 e. The van der Waals surface area contributed by atoms with Gasteiger partial charge in [0.05, 0.1) is 7.11 Å². The molecule has 0 spiro atoms. The van der Waals surface area contributed by atoms with Gasteiger partial charge < -0.3 is 9.64 Å². The Hall–Kier alpha value is -1.98. The van der Waals surface area contributed by atoms with Crippen LogP contribution in [0.1, 0.15) is 18.9 Å². The second kappa shape index (κ2) is 8.41. The first-order chi connectivity index (χ1) is 12.2. The minimum absolute atomic E-state index is 0.756. The highest BCUT2D eigenvalue weighted by molar-refractivity contribution is 5.55. The highest BCUT2D eigenvalue weighted by Gasteiger charge is 2.21. The zero-order valence-electron chi connectivity index (χ0n) is 15.5. The molecule has 0 bridgehead atoms. The zero-order valence-corrected chi connectivity index (χ0v) is 15.5. The summed E-state index contributed by atoms with van der Waals surface area (Å²) in [6.45, 7) is 7.79. The van der Waals surface area contributed by atoms with Crippen LogP contribution in [0.4, 0.5) is 0 Å². The van der Waals surface area contributed by atoms with Crippen molar-refractivity contribution in [2.45, 2.75) is 19.9 Å². The summed E-state index contributed by atoms with van der Waals surface area (Å²) in [6.07, 6.45) is 5.21. The van der Waals surface area contributed by atoms with E-state index in [-0.39, 0.29) is 0 Å². The molecule has 1 aliphatic heterocycles. The third kappa shape index (κ3) is 4.77. The maximum atomic E-state index is 5.19. The van der Waals surface area contributed by atoms with Gasteiger partial charge in [0.2, 0.25) is 0 Å². The van der Waals surface area contributed by atoms with Gasteiger partial charge in [-0.3, -0.25) is 4.90 Å². The summed E-state index contributed by atoms with van der Waals surface area (Å²) >= 11 is 0. The number of nitrogens with zero attached hydrogens (tertiary/aromatic N) is 4. The summed E-state index contributed by atoms with van der Waals surface area (Å²) in [5, 5.41) is 0. The van der Waals surface area contributed by atoms with Crippen molar-refractivity contribution in [1.82, 2.24) is 19.8 Å². The Morgan fingerprint density at radius 1 is 1.20 bits per heavy atom. The minimum atomic E-state index is 0.756. The Bertz CT molecular complexity index is 656. The summed E-state index contributed by atoms with van der Waals surface area (Å²) < 4.78 is 5.19. The van der Waals surface area contributed by atoms with Crippen LogP contribution in [0.5, 0.6) is 5.75 Å². The monoisotopic (exact) mass is 340 g/mol. The molecule has 25 heavy (non-hydrogen) atoms. The lowest BCUT2D eigenvalue weighted by molar-refractivity contribution is 0.232. The van der Waals surface area contributed by atoms with Crippen LogP contribution in [0.3, 0.4) is 0 Å². The van der Waals surface area contributed by atoms with Gasteiger partial charge in [0.25, 0.3) is 0 Å². The average Bonchev–Trinajstić information content (AvgIpc) is 3.06. The highest BCUT2D eigenvalue weighted by Crippen LogP contribution is 2.20. The summed E-state index contributed by atoms with van der Waals surface area (Å²) in [5.41, 5.74) is 2.18. The molecule has 0 unspecified atom stereocenters. The Kier molecular flexibility index (Phi) is 6.00. The smallest absolute Gasteiger partial charge is 0.159 e. The molecular weight excluding hydrogens is 312 g/mol. The fraction of sp³-hybridized carbons (Fsp3) is 0.500. The van der Waals surface area contributed by atoms with Crippen LogP contribution < -0.4 is 4.74 Å². The largest absolute Gasteiger partial charge is 0.497 e. The van der Waals surface area contributed by atoms with Crippen molar-refractivity contribution in [3.8, 4) is 17.1 Å². The topological polar surface area (TPSA) is 41.5 Å². The number of hydrogen-bond donors (Lipinski definition) is 0. The van der Waals surface area contributed by atoms with Crippen molar-refractivity contribution in [3.05, 3.63) is 42.2 Å². The quantitative estimate of drug-likeness (QED) is 0.775. The van der Waals surface area contributed by atoms with E-state index < -0.39 is 0 Å². The molecule has 0 N–H and O–H groups in total. The average molecular weight is 340 g/mol. The van der Waals surface area contributed by atoms with E-state index in [9.17, 15) is 0 Å². The Balaban J connectivity index is 1.60. The number of aromatic nitrogens is 2. The van der Waals surface area contributed by atoms with Crippen LogP contribution in [-0.2, 0) is 6.54 Å². The van der Waals surface area contributed by atoms with Crippen LogP contribution in [0.15, 0.2) is 36.7 Å². The molecule has 1 atom stereocenters. The minimum Gasteiger partial charge on any atom is -0.497 e. The number of ether oxygens (including phenoxy) is 1. The molecule has 5 nitrogen and oxygen atoms in total. The van der Waals surface area contributed by atoms with Gasteiger partial charge in [-0.2, -0.15) is 0 Å². The molecule has 1 fully saturated rings. The first kappa shape index (κ1) is 17.8. The number of hydrogen-bond acceptors (Lipinski definition) is 5. The predicted octanol–water partition coefficient (Wildman–Crippen LogP) is 2.93. The number of benzene rings is 1. The maximum absolute atomic E-state index is 5.19. The summed E-state index contributed by atoms with van der Waals surface area (Å²) in [5.74, 6) is 2.38. The van der Waals surface area contributed by atoms with Gasteiger partial charge in [-0.1, -0.05) is 6.92 Å². The molecule has 1 aromatic carbocycles. The van der Waals surface area contributed by atoms with E-state index in [2.05, 4.69) is 33.7 Å². The van der Waals surface area contributed by atoms with E-state index in [0.29, 0.717) is 0 Å². The van der Waals surface area contributed by atoms with E-state index in [1.54, 1.807) is 7.11 Å². The fourth-order valence-corrected chi connectivity index (χ4v) is 3.43. The molecule has 1 aromatic heterocycles. The van der Waals surface area contributed by atoms with Gasteiger partial charge >= 0.3 is 0 Å². The SMILES string of the molecule is CCN(Cc1cnc(-c2ccc(OC)cc2)nc1)C[C@H]1CCN(C)C1. The molecule has 0 amide bonds. The van der Waals surface area contributed by atoms with Gasteiger partial charge in [-0.25, -0.2) is 9.97 Å². The van der Waals surface area contributed by atoms with Crippen LogP contribution in [0, 0.1) is 5.92 Å². The van der Waals surface area contributed by atoms with E-state index >= 15 is 0 Å². The predicted molar refractivity (Wildman–Crippen MR) is 101 cm³/mol. The molecule has 1 saturated heterocycles. The molecule has 134 valence electrons. The lowest BCUT2D eigenvalue weighted by atomic mass is 10.1. The van der Waals surface area contributed by atoms with E-state index in [4.69, 9.17) is 4.74 Å². The first-order valence-electron chi connectivity index (χ1n) is 9.04. The summed E-state index contributed by atoms with van der Waals surface area (Å²) in [4.78, 5) is 14.0. The molecule has 0 radical (unpaired) electrons. The number of likely N-dealkylation sites (tertiary alicyclic amines) is 1. The van der Waals surface area contributed by atoms with E-state index in [1.807, 2.05) is 36.7 Å². The third-order valence-corrected chi connectivity index (χ3v) is 4.91. The second-order valence-corrected chi connectivity index (χ2v) is 6.89. The molecule has 3 rings (SSSR count). The number of rotatable bonds is 7. The van der Waals surface area contributed by atoms with Crippen LogP contribution in [0.2, 0.25) is 0 Å². The van der Waals surface area contributed by atoms with Gasteiger partial charge in [0.15, 0.2) is 5.82 Å². The van der Waals surface area contributed by atoms with Crippen LogP contribution >= 0.6 is 0 Å². The van der Waals surface area contributed by atoms with Crippen molar-refractivity contribution in [2.75, 3.05) is 40.3 Å². The zero-order chi connectivity index (χ0) is 17.6. The Morgan fingerprint density at radius 3 is 2.48 bits per heavy atom. The molecule has 5 heteroatoms. The summed E-state index contributed by atoms with van der Waals surface area (Å²) in [6, 6.07) is 7.85. The van der Waals surface area contributed by atoms with Gasteiger partial charge in [-0.05, 0) is 56.7 Å². The van der Waals surface area contributed by atoms with Gasteiger partial charge in [0.1, 0.15) is 5.75 Å². The van der Waals surface area contributed by atoms with E-state index in [1.165, 1.54) is 25.1 Å². The van der Waals surface area contributed by atoms with Crippen LogP contribution in [-0.4, -0.2) is 60.1 Å². The molecular formula is C20H28N4O. The Labute approximate surface area is 150 Å². The molecule has 0 aliphatic carbocycles. The summed E-state index contributed by atoms with van der Waals surface area (Å²) in [7, 11) is 3.88. The highest BCUT2D eigenvalue weighted by atomic mass is 16.5. The third-order valence-electron chi connectivity index (χ3n) is 4.91. The molecule has 1 aliphatic rings. The van der Waals surface area contributed by atoms with Crippen molar-refractivity contribution < 1.29 is 4.74 Å². The fourth-order valence-electron chi connectivity index (χ4n) is 3.43.